The van der Waals surface area contributed by atoms with Crippen LogP contribution in [-0.2, 0) is 7.05 Å². The number of nitrogens with zero attached hydrogens (tertiary/aromatic N) is 1. The molecule has 1 aromatic heterocycles. The Kier molecular flexibility index (Phi) is 2.88. The zero-order chi connectivity index (χ0) is 12.7. The first-order chi connectivity index (χ1) is 8.66. The predicted molar refractivity (Wildman–Crippen MR) is 73.3 cm³/mol. The summed E-state index contributed by atoms with van der Waals surface area (Å²) in [4.78, 5) is 12.2. The van der Waals surface area contributed by atoms with Gasteiger partial charge in [-0.3, -0.25) is 4.79 Å². The largest absolute Gasteiger partial charge is 0.349 e. The number of hydrogen-bond acceptors (Lipinski definition) is 2. The van der Waals surface area contributed by atoms with Gasteiger partial charge in [-0.1, -0.05) is 23.7 Å². The third kappa shape index (κ3) is 2.04. The van der Waals surface area contributed by atoms with Crippen molar-refractivity contribution < 1.29 is 4.79 Å². The van der Waals surface area contributed by atoms with Gasteiger partial charge in [-0.05, 0) is 18.9 Å². The number of ketones is 1. The van der Waals surface area contributed by atoms with Gasteiger partial charge in [0.1, 0.15) is 0 Å². The summed E-state index contributed by atoms with van der Waals surface area (Å²) < 4.78 is 1.92. The molecule has 1 aliphatic carbocycles. The van der Waals surface area contributed by atoms with Crippen molar-refractivity contribution >= 4 is 28.3 Å². The zero-order valence-corrected chi connectivity index (χ0v) is 11.0. The van der Waals surface area contributed by atoms with Gasteiger partial charge in [-0.2, -0.15) is 0 Å². The summed E-state index contributed by atoms with van der Waals surface area (Å²) in [5, 5.41) is 4.87. The molecule has 0 amide bonds. The van der Waals surface area contributed by atoms with Crippen molar-refractivity contribution in [2.75, 3.05) is 6.54 Å². The average molecular weight is 263 g/mol. The van der Waals surface area contributed by atoms with E-state index in [-0.39, 0.29) is 5.78 Å². The Morgan fingerprint density at radius 2 is 2.28 bits per heavy atom. The molecule has 0 saturated heterocycles. The highest BCUT2D eigenvalue weighted by atomic mass is 35.5. The summed E-state index contributed by atoms with van der Waals surface area (Å²) in [6.07, 6.45) is 4.25. The standard InChI is InChI=1S/C14H15ClN2O/c1-17-8-11(13(18)7-16-9-5-6-9)10-3-2-4-12(15)14(10)17/h2-4,8-9,16H,5-7H2,1H3. The highest BCUT2D eigenvalue weighted by Gasteiger charge is 2.22. The number of carbonyl (C=O) groups excluding carboxylic acids is 1. The quantitative estimate of drug-likeness (QED) is 0.860. The maximum absolute atomic E-state index is 12.2. The summed E-state index contributed by atoms with van der Waals surface area (Å²) in [6, 6.07) is 6.23. The van der Waals surface area contributed by atoms with Gasteiger partial charge < -0.3 is 9.88 Å². The van der Waals surface area contributed by atoms with Crippen molar-refractivity contribution in [2.45, 2.75) is 18.9 Å². The summed E-state index contributed by atoms with van der Waals surface area (Å²) in [7, 11) is 1.92. The zero-order valence-electron chi connectivity index (χ0n) is 10.2. The topological polar surface area (TPSA) is 34.0 Å². The molecule has 1 saturated carbocycles. The van der Waals surface area contributed by atoms with Gasteiger partial charge in [-0.15, -0.1) is 0 Å². The number of aryl methyl sites for hydroxylation is 1. The van der Waals surface area contributed by atoms with Crippen molar-refractivity contribution in [1.82, 2.24) is 9.88 Å². The Morgan fingerprint density at radius 3 is 3.00 bits per heavy atom. The lowest BCUT2D eigenvalue weighted by Gasteiger charge is -2.01. The molecule has 1 aromatic carbocycles. The van der Waals surface area contributed by atoms with Crippen LogP contribution in [0.5, 0.6) is 0 Å². The lowest BCUT2D eigenvalue weighted by Crippen LogP contribution is -2.24. The second kappa shape index (κ2) is 4.41. The molecule has 18 heavy (non-hydrogen) atoms. The molecule has 0 spiro atoms. The van der Waals surface area contributed by atoms with Crippen molar-refractivity contribution in [1.29, 1.82) is 0 Å². The molecule has 1 heterocycles. The first-order valence-corrected chi connectivity index (χ1v) is 6.55. The molecule has 1 aliphatic rings. The van der Waals surface area contributed by atoms with Crippen LogP contribution in [-0.4, -0.2) is 22.9 Å². The van der Waals surface area contributed by atoms with Crippen molar-refractivity contribution in [3.8, 4) is 0 Å². The van der Waals surface area contributed by atoms with Gasteiger partial charge in [0, 0.05) is 30.2 Å². The van der Waals surface area contributed by atoms with Gasteiger partial charge >= 0.3 is 0 Å². The minimum atomic E-state index is 0.134. The average Bonchev–Trinajstić information content (AvgIpc) is 3.11. The molecule has 0 atom stereocenters. The second-order valence-corrected chi connectivity index (χ2v) is 5.28. The number of rotatable bonds is 4. The van der Waals surface area contributed by atoms with E-state index in [1.807, 2.05) is 36.0 Å². The molecule has 2 aromatic rings. The van der Waals surface area contributed by atoms with E-state index >= 15 is 0 Å². The Morgan fingerprint density at radius 1 is 1.50 bits per heavy atom. The monoisotopic (exact) mass is 262 g/mol. The summed E-state index contributed by atoms with van der Waals surface area (Å²) >= 11 is 6.17. The highest BCUT2D eigenvalue weighted by Crippen LogP contribution is 2.27. The molecule has 3 nitrogen and oxygen atoms in total. The van der Waals surface area contributed by atoms with Gasteiger partial charge in [0.15, 0.2) is 5.78 Å². The molecule has 0 unspecified atom stereocenters. The number of halogens is 1. The Labute approximate surface area is 111 Å². The number of benzene rings is 1. The maximum Gasteiger partial charge on any atom is 0.178 e. The van der Waals surface area contributed by atoms with E-state index in [9.17, 15) is 4.79 Å². The smallest absolute Gasteiger partial charge is 0.178 e. The first-order valence-electron chi connectivity index (χ1n) is 6.17. The second-order valence-electron chi connectivity index (χ2n) is 4.87. The third-order valence-corrected chi connectivity index (χ3v) is 3.69. The van der Waals surface area contributed by atoms with Gasteiger partial charge in [-0.25, -0.2) is 0 Å². The first kappa shape index (κ1) is 11.8. The molecule has 0 radical (unpaired) electrons. The Bertz CT molecular complexity index is 614. The Hall–Kier alpha value is -1.32. The minimum Gasteiger partial charge on any atom is -0.349 e. The van der Waals surface area contributed by atoms with Crippen molar-refractivity contribution in [3.05, 3.63) is 35.0 Å². The number of para-hydroxylation sites is 1. The lowest BCUT2D eigenvalue weighted by atomic mass is 10.1. The number of hydrogen-bond donors (Lipinski definition) is 1. The van der Waals surface area contributed by atoms with Gasteiger partial charge in [0.25, 0.3) is 0 Å². The van der Waals surface area contributed by atoms with Crippen LogP contribution >= 0.6 is 11.6 Å². The fourth-order valence-corrected chi connectivity index (χ4v) is 2.57. The fraction of sp³-hybridized carbons (Fsp3) is 0.357. The summed E-state index contributed by atoms with van der Waals surface area (Å²) in [5.74, 6) is 0.134. The number of aromatic nitrogens is 1. The van der Waals surface area contributed by atoms with E-state index in [0.29, 0.717) is 17.6 Å². The van der Waals surface area contributed by atoms with Crippen LogP contribution in [0.2, 0.25) is 5.02 Å². The third-order valence-electron chi connectivity index (χ3n) is 3.38. The van der Waals surface area contributed by atoms with Crippen molar-refractivity contribution in [3.63, 3.8) is 0 Å². The molecule has 1 N–H and O–H groups in total. The van der Waals surface area contributed by atoms with Crippen LogP contribution < -0.4 is 5.32 Å². The van der Waals surface area contributed by atoms with Gasteiger partial charge in [0.2, 0.25) is 0 Å². The van der Waals surface area contributed by atoms with E-state index in [4.69, 9.17) is 11.6 Å². The molecule has 4 heteroatoms. The number of fused-ring (bicyclic) bond motifs is 1. The summed E-state index contributed by atoms with van der Waals surface area (Å²) in [6.45, 7) is 0.413. The predicted octanol–water partition coefficient (Wildman–Crippen LogP) is 2.77. The van der Waals surface area contributed by atoms with E-state index in [1.54, 1.807) is 0 Å². The van der Waals surface area contributed by atoms with E-state index in [0.717, 1.165) is 16.5 Å². The molecule has 94 valence electrons. The molecule has 3 rings (SSSR count). The molecular weight excluding hydrogens is 248 g/mol. The van der Waals surface area contributed by atoms with Crippen molar-refractivity contribution in [2.24, 2.45) is 7.05 Å². The van der Waals surface area contributed by atoms with Crippen LogP contribution in [0.1, 0.15) is 23.2 Å². The number of carbonyl (C=O) groups is 1. The molecular formula is C14H15ClN2O. The number of Topliss-reactive ketones (excluding diaryl/α,β-unsaturated/α-hetero) is 1. The molecule has 1 fully saturated rings. The SMILES string of the molecule is Cn1cc(C(=O)CNC2CC2)c2cccc(Cl)c21. The fourth-order valence-electron chi connectivity index (χ4n) is 2.26. The van der Waals surface area contributed by atoms with E-state index in [1.165, 1.54) is 12.8 Å². The molecule has 0 bridgehead atoms. The summed E-state index contributed by atoms with van der Waals surface area (Å²) in [5.41, 5.74) is 1.68. The minimum absolute atomic E-state index is 0.134. The highest BCUT2D eigenvalue weighted by molar-refractivity contribution is 6.35. The normalized spacial score (nSPS) is 15.2. The van der Waals surface area contributed by atoms with Crippen LogP contribution in [0.15, 0.2) is 24.4 Å². The molecule has 0 aliphatic heterocycles. The lowest BCUT2D eigenvalue weighted by molar-refractivity contribution is 0.0992. The van der Waals surface area contributed by atoms with Crippen LogP contribution in [0.4, 0.5) is 0 Å². The van der Waals surface area contributed by atoms with Crippen LogP contribution in [0.3, 0.4) is 0 Å². The van der Waals surface area contributed by atoms with E-state index in [2.05, 4.69) is 5.32 Å². The van der Waals surface area contributed by atoms with E-state index < -0.39 is 0 Å². The van der Waals surface area contributed by atoms with Crippen LogP contribution in [0, 0.1) is 0 Å². The van der Waals surface area contributed by atoms with Gasteiger partial charge in [0.05, 0.1) is 17.1 Å². The maximum atomic E-state index is 12.2. The Balaban J connectivity index is 1.95. The van der Waals surface area contributed by atoms with Crippen LogP contribution in [0.25, 0.3) is 10.9 Å². The number of nitrogens with one attached hydrogen (secondary N) is 1.